The number of hydrogen-bond acceptors (Lipinski definition) is 2. The Morgan fingerprint density at radius 2 is 2.40 bits per heavy atom. The van der Waals surface area contributed by atoms with Gasteiger partial charge >= 0.3 is 0 Å². The van der Waals surface area contributed by atoms with Crippen molar-refractivity contribution in [2.45, 2.75) is 25.5 Å². The largest absolute Gasteiger partial charge is 0.161 e. The van der Waals surface area contributed by atoms with Crippen molar-refractivity contribution in [2.75, 3.05) is 17.3 Å². The second-order valence-corrected chi connectivity index (χ2v) is 5.41. The minimum Gasteiger partial charge on any atom is -0.161 e. The van der Waals surface area contributed by atoms with Gasteiger partial charge in [0.1, 0.15) is 0 Å². The molecule has 0 bridgehead atoms. The lowest BCUT2D eigenvalue weighted by Crippen LogP contribution is -1.98. The summed E-state index contributed by atoms with van der Waals surface area (Å²) in [7, 11) is 0. The normalized spacial score (nSPS) is 26.4. The van der Waals surface area contributed by atoms with E-state index in [0.29, 0.717) is 0 Å². The fraction of sp³-hybridized carbons (Fsp3) is 1.00. The Balaban J connectivity index is 1.83. The molecule has 1 aliphatic rings. The first kappa shape index (κ1) is 8.79. The maximum absolute atomic E-state index is 2.34. The van der Waals surface area contributed by atoms with Gasteiger partial charge in [0.2, 0.25) is 0 Å². The van der Waals surface area contributed by atoms with E-state index in [9.17, 15) is 0 Å². The van der Waals surface area contributed by atoms with E-state index in [1.54, 1.807) is 0 Å². The first-order valence-electron chi connectivity index (χ1n) is 4.02. The quantitative estimate of drug-likeness (QED) is 0.591. The van der Waals surface area contributed by atoms with Gasteiger partial charge in [-0.05, 0) is 11.7 Å². The minimum atomic E-state index is 0.925. The monoisotopic (exact) mass is 176 g/mol. The molecule has 2 atom stereocenters. The highest BCUT2D eigenvalue weighted by Gasteiger charge is 2.21. The second-order valence-electron chi connectivity index (χ2n) is 3.01. The van der Waals surface area contributed by atoms with Crippen LogP contribution >= 0.6 is 23.5 Å². The van der Waals surface area contributed by atoms with E-state index < -0.39 is 0 Å². The van der Waals surface area contributed by atoms with E-state index in [2.05, 4.69) is 37.4 Å². The first-order valence-corrected chi connectivity index (χ1v) is 6.22. The average Bonchev–Trinajstić information content (AvgIpc) is 2.71. The fourth-order valence-corrected chi connectivity index (χ4v) is 2.91. The van der Waals surface area contributed by atoms with Crippen LogP contribution in [0.5, 0.6) is 0 Å². The Bertz CT molecular complexity index is 89.3. The summed E-state index contributed by atoms with van der Waals surface area (Å²) in [5.41, 5.74) is 0. The lowest BCUT2D eigenvalue weighted by molar-refractivity contribution is 0.637. The number of hydrogen-bond donors (Lipinski definition) is 0. The lowest BCUT2D eigenvalue weighted by atomic mass is 10.2. The standard InChI is InChI=1S/C8H16S2/c1-3-7(2)4-9-5-8-6-10-8/h7-8H,3-6H2,1-2H3. The molecular formula is C8H16S2. The van der Waals surface area contributed by atoms with E-state index in [4.69, 9.17) is 0 Å². The fourth-order valence-electron chi connectivity index (χ4n) is 0.683. The van der Waals surface area contributed by atoms with E-state index in [0.717, 1.165) is 11.2 Å². The molecule has 10 heavy (non-hydrogen) atoms. The Kier molecular flexibility index (Phi) is 4.00. The predicted octanol–water partition coefficient (Wildman–Crippen LogP) is 2.88. The molecule has 2 heteroatoms. The van der Waals surface area contributed by atoms with Crippen LogP contribution < -0.4 is 0 Å². The molecule has 1 saturated heterocycles. The summed E-state index contributed by atoms with van der Waals surface area (Å²) in [6, 6.07) is 0. The summed E-state index contributed by atoms with van der Waals surface area (Å²) in [6.07, 6.45) is 1.34. The highest BCUT2D eigenvalue weighted by Crippen LogP contribution is 2.33. The molecule has 1 aliphatic heterocycles. The molecule has 0 spiro atoms. The van der Waals surface area contributed by atoms with Crippen LogP contribution in [0, 0.1) is 5.92 Å². The Morgan fingerprint density at radius 1 is 1.70 bits per heavy atom. The van der Waals surface area contributed by atoms with Crippen molar-refractivity contribution in [3.8, 4) is 0 Å². The SMILES string of the molecule is CCC(C)CSCC1CS1. The Labute approximate surface area is 72.5 Å². The molecule has 0 amide bonds. The minimum absolute atomic E-state index is 0.925. The van der Waals surface area contributed by atoms with Crippen LogP contribution in [-0.2, 0) is 0 Å². The van der Waals surface area contributed by atoms with Gasteiger partial charge in [-0.3, -0.25) is 0 Å². The molecule has 0 aromatic heterocycles. The lowest BCUT2D eigenvalue weighted by Gasteiger charge is -2.05. The van der Waals surface area contributed by atoms with Crippen molar-refractivity contribution in [1.29, 1.82) is 0 Å². The van der Waals surface area contributed by atoms with Gasteiger partial charge in [-0.15, -0.1) is 0 Å². The molecule has 0 aromatic carbocycles. The summed E-state index contributed by atoms with van der Waals surface area (Å²) < 4.78 is 0. The van der Waals surface area contributed by atoms with Crippen LogP contribution in [0.3, 0.4) is 0 Å². The molecule has 60 valence electrons. The van der Waals surface area contributed by atoms with Crippen molar-refractivity contribution < 1.29 is 0 Å². The van der Waals surface area contributed by atoms with Crippen molar-refractivity contribution in [1.82, 2.24) is 0 Å². The molecule has 0 saturated carbocycles. The van der Waals surface area contributed by atoms with Gasteiger partial charge in [-0.25, -0.2) is 0 Å². The van der Waals surface area contributed by atoms with Crippen molar-refractivity contribution in [3.63, 3.8) is 0 Å². The van der Waals surface area contributed by atoms with E-state index in [1.807, 2.05) is 0 Å². The molecule has 1 rings (SSSR count). The summed E-state index contributed by atoms with van der Waals surface area (Å²) in [5.74, 6) is 5.12. The van der Waals surface area contributed by atoms with Crippen LogP contribution in [0.2, 0.25) is 0 Å². The molecule has 2 unspecified atom stereocenters. The number of rotatable bonds is 5. The Hall–Kier alpha value is 0.700. The van der Waals surface area contributed by atoms with Crippen molar-refractivity contribution >= 4 is 23.5 Å². The summed E-state index contributed by atoms with van der Waals surface area (Å²) >= 11 is 4.24. The number of thioether (sulfide) groups is 2. The van der Waals surface area contributed by atoms with Gasteiger partial charge in [0.15, 0.2) is 0 Å². The van der Waals surface area contributed by atoms with Crippen LogP contribution in [0.15, 0.2) is 0 Å². The maximum Gasteiger partial charge on any atom is 0.0229 e. The molecule has 0 N–H and O–H groups in total. The summed E-state index contributed by atoms with van der Waals surface area (Å²) in [5, 5.41) is 1.02. The van der Waals surface area contributed by atoms with Gasteiger partial charge in [0.25, 0.3) is 0 Å². The van der Waals surface area contributed by atoms with Crippen LogP contribution in [0.1, 0.15) is 20.3 Å². The van der Waals surface area contributed by atoms with Gasteiger partial charge < -0.3 is 0 Å². The van der Waals surface area contributed by atoms with Crippen LogP contribution in [0.4, 0.5) is 0 Å². The zero-order chi connectivity index (χ0) is 7.40. The van der Waals surface area contributed by atoms with E-state index in [1.165, 1.54) is 23.7 Å². The highest BCUT2D eigenvalue weighted by atomic mass is 32.2. The molecule has 1 heterocycles. The average molecular weight is 176 g/mol. The zero-order valence-corrected chi connectivity index (χ0v) is 8.43. The van der Waals surface area contributed by atoms with Gasteiger partial charge in [0.05, 0.1) is 0 Å². The summed E-state index contributed by atoms with van der Waals surface area (Å²) in [4.78, 5) is 0. The molecular weight excluding hydrogens is 160 g/mol. The topological polar surface area (TPSA) is 0 Å². The molecule has 0 nitrogen and oxygen atoms in total. The predicted molar refractivity (Wildman–Crippen MR) is 53.0 cm³/mol. The smallest absolute Gasteiger partial charge is 0.0229 e. The molecule has 0 aliphatic carbocycles. The maximum atomic E-state index is 2.34. The molecule has 0 aromatic rings. The first-order chi connectivity index (χ1) is 4.83. The van der Waals surface area contributed by atoms with E-state index in [-0.39, 0.29) is 0 Å². The summed E-state index contributed by atoms with van der Waals surface area (Å²) in [6.45, 7) is 4.62. The third kappa shape index (κ3) is 3.77. The molecule has 0 radical (unpaired) electrons. The van der Waals surface area contributed by atoms with Gasteiger partial charge in [-0.1, -0.05) is 20.3 Å². The van der Waals surface area contributed by atoms with Crippen molar-refractivity contribution in [2.24, 2.45) is 5.92 Å². The molecule has 1 fully saturated rings. The van der Waals surface area contributed by atoms with Gasteiger partial charge in [-0.2, -0.15) is 23.5 Å². The highest BCUT2D eigenvalue weighted by molar-refractivity contribution is 8.08. The zero-order valence-electron chi connectivity index (χ0n) is 6.80. The van der Waals surface area contributed by atoms with Crippen LogP contribution in [-0.4, -0.2) is 22.5 Å². The Morgan fingerprint density at radius 3 is 2.90 bits per heavy atom. The third-order valence-electron chi connectivity index (χ3n) is 1.81. The van der Waals surface area contributed by atoms with Gasteiger partial charge in [0, 0.05) is 16.8 Å². The van der Waals surface area contributed by atoms with Crippen molar-refractivity contribution in [3.05, 3.63) is 0 Å². The van der Waals surface area contributed by atoms with E-state index >= 15 is 0 Å². The second kappa shape index (κ2) is 4.55. The third-order valence-corrected chi connectivity index (χ3v) is 4.43. The van der Waals surface area contributed by atoms with Crippen LogP contribution in [0.25, 0.3) is 0 Å².